The van der Waals surface area contributed by atoms with Crippen molar-refractivity contribution in [1.29, 1.82) is 0 Å². The van der Waals surface area contributed by atoms with Crippen molar-refractivity contribution >= 4 is 0 Å². The van der Waals surface area contributed by atoms with Crippen molar-refractivity contribution in [2.24, 2.45) is 23.7 Å². The highest BCUT2D eigenvalue weighted by Crippen LogP contribution is 2.48. The quantitative estimate of drug-likeness (QED) is 0.446. The summed E-state index contributed by atoms with van der Waals surface area (Å²) in [5.74, 6) is 4.94. The summed E-state index contributed by atoms with van der Waals surface area (Å²) in [6.07, 6.45) is 20.2. The summed E-state index contributed by atoms with van der Waals surface area (Å²) in [4.78, 5) is 0. The van der Waals surface area contributed by atoms with Crippen molar-refractivity contribution in [3.05, 3.63) is 34.9 Å². The van der Waals surface area contributed by atoms with Gasteiger partial charge in [0.2, 0.25) is 0 Å². The van der Waals surface area contributed by atoms with E-state index >= 15 is 0 Å². The maximum atomic E-state index is 2.64. The zero-order valence-corrected chi connectivity index (χ0v) is 18.0. The number of rotatable bonds is 6. The highest BCUT2D eigenvalue weighted by molar-refractivity contribution is 5.36. The first-order valence-electron chi connectivity index (χ1n) is 12.4. The van der Waals surface area contributed by atoms with Gasteiger partial charge in [-0.05, 0) is 97.6 Å². The van der Waals surface area contributed by atoms with Crippen molar-refractivity contribution in [3.63, 3.8) is 0 Å². The molecule has 0 N–H and O–H groups in total. The lowest BCUT2D eigenvalue weighted by Gasteiger charge is -2.42. The molecular formula is C27H42. The van der Waals surface area contributed by atoms with Crippen LogP contribution in [-0.4, -0.2) is 0 Å². The summed E-state index contributed by atoms with van der Waals surface area (Å²) in [6, 6.07) is 7.69. The lowest BCUT2D eigenvalue weighted by molar-refractivity contribution is 0.116. The van der Waals surface area contributed by atoms with E-state index in [1.807, 2.05) is 0 Å². The highest BCUT2D eigenvalue weighted by Gasteiger charge is 2.35. The number of fused-ring (bicyclic) bond motifs is 2. The van der Waals surface area contributed by atoms with E-state index in [-0.39, 0.29) is 0 Å². The first kappa shape index (κ1) is 19.5. The fourth-order valence-electron chi connectivity index (χ4n) is 6.69. The van der Waals surface area contributed by atoms with Gasteiger partial charge in [0.05, 0.1) is 0 Å². The summed E-state index contributed by atoms with van der Waals surface area (Å²) in [5, 5.41) is 0. The van der Waals surface area contributed by atoms with Gasteiger partial charge in [-0.25, -0.2) is 0 Å². The summed E-state index contributed by atoms with van der Waals surface area (Å²) < 4.78 is 0. The van der Waals surface area contributed by atoms with Crippen LogP contribution in [0.25, 0.3) is 0 Å². The Morgan fingerprint density at radius 1 is 0.815 bits per heavy atom. The smallest absolute Gasteiger partial charge is 0.0159 e. The second-order valence-corrected chi connectivity index (χ2v) is 10.3. The van der Waals surface area contributed by atoms with Gasteiger partial charge in [0.1, 0.15) is 0 Å². The molecule has 4 rings (SSSR count). The summed E-state index contributed by atoms with van der Waals surface area (Å²) in [6.45, 7) is 4.72. The third kappa shape index (κ3) is 4.63. The van der Waals surface area contributed by atoms with Crippen LogP contribution in [0.3, 0.4) is 0 Å². The molecule has 0 aromatic heterocycles. The molecule has 0 aliphatic heterocycles. The van der Waals surface area contributed by atoms with Crippen LogP contribution in [0.15, 0.2) is 18.2 Å². The molecule has 2 fully saturated rings. The highest BCUT2D eigenvalue weighted by atomic mass is 14.4. The van der Waals surface area contributed by atoms with E-state index in [9.17, 15) is 0 Å². The largest absolute Gasteiger partial charge is 0.0654 e. The minimum atomic E-state index is 0.858. The molecule has 3 aliphatic rings. The number of unbranched alkanes of at least 4 members (excludes halogenated alkanes) is 2. The van der Waals surface area contributed by atoms with Crippen molar-refractivity contribution in [1.82, 2.24) is 0 Å². The van der Waals surface area contributed by atoms with Crippen LogP contribution in [0.4, 0.5) is 0 Å². The molecule has 0 amide bonds. The Morgan fingerprint density at radius 2 is 1.67 bits per heavy atom. The Labute approximate surface area is 168 Å². The Balaban J connectivity index is 1.36. The molecule has 2 saturated carbocycles. The maximum Gasteiger partial charge on any atom is -0.0159 e. The van der Waals surface area contributed by atoms with Gasteiger partial charge in [0.15, 0.2) is 0 Å². The Morgan fingerprint density at radius 3 is 2.52 bits per heavy atom. The second kappa shape index (κ2) is 9.15. The van der Waals surface area contributed by atoms with E-state index in [0.29, 0.717) is 0 Å². The number of hydrogen-bond acceptors (Lipinski definition) is 0. The Kier molecular flexibility index (Phi) is 6.62. The molecule has 5 atom stereocenters. The topological polar surface area (TPSA) is 0 Å². The van der Waals surface area contributed by atoms with Crippen LogP contribution in [0.5, 0.6) is 0 Å². The minimum Gasteiger partial charge on any atom is -0.0654 e. The van der Waals surface area contributed by atoms with Crippen molar-refractivity contribution in [2.75, 3.05) is 0 Å². The summed E-state index contributed by atoms with van der Waals surface area (Å²) in [5.41, 5.74) is 5.08. The van der Waals surface area contributed by atoms with Crippen molar-refractivity contribution in [3.8, 4) is 0 Å². The van der Waals surface area contributed by atoms with Crippen molar-refractivity contribution < 1.29 is 0 Å². The molecule has 0 saturated heterocycles. The van der Waals surface area contributed by atoms with Gasteiger partial charge in [0, 0.05) is 0 Å². The molecule has 1 aromatic rings. The van der Waals surface area contributed by atoms with Gasteiger partial charge in [-0.1, -0.05) is 70.6 Å². The molecule has 0 radical (unpaired) electrons. The first-order valence-corrected chi connectivity index (χ1v) is 12.4. The lowest BCUT2D eigenvalue weighted by atomic mass is 9.63. The van der Waals surface area contributed by atoms with E-state index < -0.39 is 0 Å². The van der Waals surface area contributed by atoms with E-state index in [2.05, 4.69) is 32.0 Å². The third-order valence-corrected chi connectivity index (χ3v) is 8.55. The fourth-order valence-corrected chi connectivity index (χ4v) is 6.69. The fraction of sp³-hybridized carbons (Fsp3) is 0.778. The van der Waals surface area contributed by atoms with Crippen molar-refractivity contribution in [2.45, 2.75) is 110 Å². The van der Waals surface area contributed by atoms with E-state index in [4.69, 9.17) is 0 Å². The number of hydrogen-bond donors (Lipinski definition) is 0. The molecule has 0 spiro atoms. The van der Waals surface area contributed by atoms with Gasteiger partial charge in [-0.2, -0.15) is 0 Å². The summed E-state index contributed by atoms with van der Waals surface area (Å²) >= 11 is 0. The van der Waals surface area contributed by atoms with Crippen LogP contribution in [0.2, 0.25) is 0 Å². The van der Waals surface area contributed by atoms with Crippen LogP contribution < -0.4 is 0 Å². The lowest BCUT2D eigenvalue weighted by Crippen LogP contribution is -2.30. The monoisotopic (exact) mass is 366 g/mol. The third-order valence-electron chi connectivity index (χ3n) is 8.55. The van der Waals surface area contributed by atoms with Crippen LogP contribution in [0, 0.1) is 23.7 Å². The predicted molar refractivity (Wildman–Crippen MR) is 117 cm³/mol. The first-order chi connectivity index (χ1) is 13.3. The van der Waals surface area contributed by atoms with Crippen LogP contribution in [-0.2, 0) is 12.8 Å². The van der Waals surface area contributed by atoms with Crippen LogP contribution in [0.1, 0.15) is 114 Å². The molecule has 0 heteroatoms. The molecule has 3 aliphatic carbocycles. The minimum absolute atomic E-state index is 0.858. The van der Waals surface area contributed by atoms with E-state index in [1.165, 1.54) is 89.9 Å². The van der Waals surface area contributed by atoms with E-state index in [0.717, 1.165) is 29.6 Å². The molecule has 150 valence electrons. The second-order valence-electron chi connectivity index (χ2n) is 10.3. The number of aryl methyl sites for hydroxylation is 1. The standard InChI is InChI=1S/C27H42/c1-3-5-6-7-21-9-11-25-19-27(15-13-23(25)17-21)26-14-12-22-16-20(4-2)8-10-24(22)18-26/h13,15,19-22,24,26H,3-12,14,16-18H2,1-2H3. The molecule has 0 bridgehead atoms. The number of benzene rings is 1. The van der Waals surface area contributed by atoms with Gasteiger partial charge in [-0.3, -0.25) is 0 Å². The van der Waals surface area contributed by atoms with E-state index in [1.54, 1.807) is 16.7 Å². The van der Waals surface area contributed by atoms with Gasteiger partial charge < -0.3 is 0 Å². The summed E-state index contributed by atoms with van der Waals surface area (Å²) in [7, 11) is 0. The maximum absolute atomic E-state index is 2.64. The Hall–Kier alpha value is -0.780. The van der Waals surface area contributed by atoms with Crippen LogP contribution >= 0.6 is 0 Å². The zero-order chi connectivity index (χ0) is 18.6. The molecule has 0 heterocycles. The molecular weight excluding hydrogens is 324 g/mol. The van der Waals surface area contributed by atoms with Gasteiger partial charge in [0.25, 0.3) is 0 Å². The van der Waals surface area contributed by atoms with Gasteiger partial charge in [-0.15, -0.1) is 0 Å². The molecule has 27 heavy (non-hydrogen) atoms. The average molecular weight is 367 g/mol. The molecule has 1 aromatic carbocycles. The average Bonchev–Trinajstić information content (AvgIpc) is 2.72. The van der Waals surface area contributed by atoms with Gasteiger partial charge >= 0.3 is 0 Å². The zero-order valence-electron chi connectivity index (χ0n) is 18.0. The normalized spacial score (nSPS) is 33.3. The Bertz CT molecular complexity index is 600. The predicted octanol–water partition coefficient (Wildman–Crippen LogP) is 8.08. The SMILES string of the molecule is CCCCCC1CCc2cc(C3CCC4CC(CC)CCC4C3)ccc2C1. The molecule has 0 nitrogen and oxygen atoms in total. The molecule has 5 unspecified atom stereocenters.